The van der Waals surface area contributed by atoms with E-state index in [2.05, 4.69) is 17.6 Å². The van der Waals surface area contributed by atoms with Crippen LogP contribution in [-0.4, -0.2) is 24.5 Å². The minimum atomic E-state index is -0.321. The normalized spacial score (nSPS) is 30.9. The fourth-order valence-electron chi connectivity index (χ4n) is 2.70. The number of nitrogens with one attached hydrogen (secondary N) is 2. The van der Waals surface area contributed by atoms with Crippen molar-refractivity contribution in [3.05, 3.63) is 0 Å². The van der Waals surface area contributed by atoms with Crippen LogP contribution < -0.4 is 10.6 Å². The van der Waals surface area contributed by atoms with Gasteiger partial charge < -0.3 is 10.6 Å². The highest BCUT2D eigenvalue weighted by molar-refractivity contribution is 5.86. The third kappa shape index (κ3) is 3.35. The highest BCUT2D eigenvalue weighted by atomic mass is 35.5. The maximum absolute atomic E-state index is 12.1. The lowest BCUT2D eigenvalue weighted by Gasteiger charge is -2.40. The van der Waals surface area contributed by atoms with Crippen LogP contribution in [0.25, 0.3) is 0 Å². The quantitative estimate of drug-likeness (QED) is 0.817. The molecule has 0 aromatic carbocycles. The van der Waals surface area contributed by atoms with E-state index in [-0.39, 0.29) is 23.9 Å². The van der Waals surface area contributed by atoms with E-state index in [9.17, 15) is 4.79 Å². The summed E-state index contributed by atoms with van der Waals surface area (Å²) in [7, 11) is 0. The molecule has 1 atom stereocenters. The van der Waals surface area contributed by atoms with Gasteiger partial charge in [0.05, 0.1) is 5.54 Å². The molecule has 100 valence electrons. The number of carbonyl (C=O) groups is 1. The van der Waals surface area contributed by atoms with Crippen LogP contribution in [0.5, 0.6) is 0 Å². The van der Waals surface area contributed by atoms with Crippen molar-refractivity contribution in [3.63, 3.8) is 0 Å². The van der Waals surface area contributed by atoms with Gasteiger partial charge in [0.15, 0.2) is 0 Å². The highest BCUT2D eigenvalue weighted by Gasteiger charge is 2.37. The number of rotatable bonds is 3. The second-order valence-corrected chi connectivity index (χ2v) is 6.06. The van der Waals surface area contributed by atoms with Gasteiger partial charge in [0, 0.05) is 6.54 Å². The Kier molecular flexibility index (Phi) is 4.85. The van der Waals surface area contributed by atoms with Gasteiger partial charge in [-0.3, -0.25) is 4.79 Å². The van der Waals surface area contributed by atoms with Gasteiger partial charge in [0.25, 0.3) is 0 Å². The second-order valence-electron chi connectivity index (χ2n) is 6.06. The second kappa shape index (κ2) is 5.57. The topological polar surface area (TPSA) is 41.1 Å². The van der Waals surface area contributed by atoms with E-state index in [0.717, 1.165) is 25.9 Å². The largest absolute Gasteiger partial charge is 0.354 e. The number of hydrogen-bond donors (Lipinski definition) is 2. The summed E-state index contributed by atoms with van der Waals surface area (Å²) >= 11 is 0. The predicted molar refractivity (Wildman–Crippen MR) is 72.5 cm³/mol. The summed E-state index contributed by atoms with van der Waals surface area (Å²) < 4.78 is 0. The summed E-state index contributed by atoms with van der Waals surface area (Å²) in [6, 6.07) is 0. The van der Waals surface area contributed by atoms with Crippen molar-refractivity contribution in [2.24, 2.45) is 5.41 Å². The summed E-state index contributed by atoms with van der Waals surface area (Å²) in [5.41, 5.74) is 0.0546. The molecule has 2 aliphatic rings. The Balaban J connectivity index is 0.00000144. The van der Waals surface area contributed by atoms with Crippen LogP contribution >= 0.6 is 12.4 Å². The van der Waals surface area contributed by atoms with E-state index < -0.39 is 0 Å². The molecule has 2 rings (SSSR count). The summed E-state index contributed by atoms with van der Waals surface area (Å²) in [6.45, 7) is 6.13. The molecule has 0 radical (unpaired) electrons. The molecule has 17 heavy (non-hydrogen) atoms. The van der Waals surface area contributed by atoms with Gasteiger partial charge in [-0.2, -0.15) is 0 Å². The molecule has 0 aromatic heterocycles. The lowest BCUT2D eigenvalue weighted by molar-refractivity contribution is -0.128. The molecule has 1 amide bonds. The van der Waals surface area contributed by atoms with Crippen molar-refractivity contribution in [1.82, 2.24) is 10.6 Å². The van der Waals surface area contributed by atoms with Crippen LogP contribution in [-0.2, 0) is 4.79 Å². The molecular weight excluding hydrogens is 236 g/mol. The molecule has 0 spiro atoms. The number of piperidine rings is 1. The molecular formula is C13H25ClN2O. The average molecular weight is 261 g/mol. The number of amides is 1. The van der Waals surface area contributed by atoms with Gasteiger partial charge >= 0.3 is 0 Å². The number of hydrogen-bond acceptors (Lipinski definition) is 2. The maximum atomic E-state index is 12.1. The Labute approximate surface area is 111 Å². The molecule has 1 aliphatic heterocycles. The Morgan fingerprint density at radius 1 is 1.18 bits per heavy atom. The molecule has 0 bridgehead atoms. The average Bonchev–Trinajstić information content (AvgIpc) is 2.24. The zero-order valence-electron chi connectivity index (χ0n) is 11.0. The van der Waals surface area contributed by atoms with Crippen molar-refractivity contribution in [2.45, 2.75) is 57.9 Å². The molecule has 1 heterocycles. The Morgan fingerprint density at radius 3 is 2.35 bits per heavy atom. The van der Waals surface area contributed by atoms with E-state index in [1.54, 1.807) is 0 Å². The van der Waals surface area contributed by atoms with Crippen molar-refractivity contribution in [3.8, 4) is 0 Å². The van der Waals surface area contributed by atoms with E-state index in [1.165, 1.54) is 25.7 Å². The SMILES string of the molecule is CC1(CNC(=O)C2(C)CCCCN2)CCC1.Cl. The van der Waals surface area contributed by atoms with Crippen LogP contribution in [0.4, 0.5) is 0 Å². The fraction of sp³-hybridized carbons (Fsp3) is 0.923. The van der Waals surface area contributed by atoms with Crippen LogP contribution in [0, 0.1) is 5.41 Å². The Bertz CT molecular complexity index is 271. The van der Waals surface area contributed by atoms with Crippen LogP contribution in [0.2, 0.25) is 0 Å². The van der Waals surface area contributed by atoms with Crippen LogP contribution in [0.1, 0.15) is 52.4 Å². The molecule has 1 unspecified atom stereocenters. The molecule has 1 aliphatic carbocycles. The smallest absolute Gasteiger partial charge is 0.240 e. The first kappa shape index (κ1) is 14.8. The first-order valence-electron chi connectivity index (χ1n) is 6.58. The summed E-state index contributed by atoms with van der Waals surface area (Å²) in [5, 5.41) is 6.49. The minimum Gasteiger partial charge on any atom is -0.354 e. The molecule has 1 saturated carbocycles. The van der Waals surface area contributed by atoms with Crippen molar-refractivity contribution >= 4 is 18.3 Å². The van der Waals surface area contributed by atoms with E-state index >= 15 is 0 Å². The molecule has 4 heteroatoms. The molecule has 0 aromatic rings. The molecule has 2 fully saturated rings. The first-order valence-corrected chi connectivity index (χ1v) is 6.58. The van der Waals surface area contributed by atoms with Crippen molar-refractivity contribution in [2.75, 3.05) is 13.1 Å². The van der Waals surface area contributed by atoms with Gasteiger partial charge in [-0.15, -0.1) is 12.4 Å². The number of halogens is 1. The molecule has 3 nitrogen and oxygen atoms in total. The van der Waals surface area contributed by atoms with Gasteiger partial charge in [-0.25, -0.2) is 0 Å². The predicted octanol–water partition coefficient (Wildman–Crippen LogP) is 2.25. The zero-order valence-corrected chi connectivity index (χ0v) is 11.8. The summed E-state index contributed by atoms with van der Waals surface area (Å²) in [6.07, 6.45) is 7.17. The van der Waals surface area contributed by atoms with E-state index in [4.69, 9.17) is 0 Å². The van der Waals surface area contributed by atoms with Gasteiger partial charge in [-0.05, 0) is 51.0 Å². The lowest BCUT2D eigenvalue weighted by Crippen LogP contribution is -2.58. The number of carbonyl (C=O) groups excluding carboxylic acids is 1. The van der Waals surface area contributed by atoms with E-state index in [0.29, 0.717) is 5.41 Å². The third-order valence-corrected chi connectivity index (χ3v) is 4.36. The monoisotopic (exact) mass is 260 g/mol. The van der Waals surface area contributed by atoms with Gasteiger partial charge in [0.1, 0.15) is 0 Å². The van der Waals surface area contributed by atoms with Crippen LogP contribution in [0.3, 0.4) is 0 Å². The van der Waals surface area contributed by atoms with Crippen molar-refractivity contribution in [1.29, 1.82) is 0 Å². The summed E-state index contributed by atoms with van der Waals surface area (Å²) in [5.74, 6) is 0.195. The maximum Gasteiger partial charge on any atom is 0.240 e. The Morgan fingerprint density at radius 2 is 1.88 bits per heavy atom. The summed E-state index contributed by atoms with van der Waals surface area (Å²) in [4.78, 5) is 12.1. The first-order chi connectivity index (χ1) is 7.54. The Hall–Kier alpha value is -0.280. The highest BCUT2D eigenvalue weighted by Crippen LogP contribution is 2.39. The standard InChI is InChI=1S/C13H24N2O.ClH/c1-12(6-5-7-12)10-14-11(16)13(2)8-3-4-9-15-13;/h15H,3-10H2,1-2H3,(H,14,16);1H. The molecule has 1 saturated heterocycles. The van der Waals surface area contributed by atoms with E-state index in [1.807, 2.05) is 6.92 Å². The zero-order chi connectivity index (χ0) is 11.6. The van der Waals surface area contributed by atoms with Crippen molar-refractivity contribution < 1.29 is 4.79 Å². The molecule has 2 N–H and O–H groups in total. The fourth-order valence-corrected chi connectivity index (χ4v) is 2.70. The lowest BCUT2D eigenvalue weighted by atomic mass is 9.70. The van der Waals surface area contributed by atoms with Gasteiger partial charge in [-0.1, -0.05) is 13.3 Å². The van der Waals surface area contributed by atoms with Crippen LogP contribution in [0.15, 0.2) is 0 Å². The van der Waals surface area contributed by atoms with Gasteiger partial charge in [0.2, 0.25) is 5.91 Å². The third-order valence-electron chi connectivity index (χ3n) is 4.36. The minimum absolute atomic E-state index is 0.